The largest absolute Gasteiger partial charge is 0.468 e. The number of hydrogen-bond acceptors (Lipinski definition) is 6. The zero-order chi connectivity index (χ0) is 17.4. The van der Waals surface area contributed by atoms with E-state index in [1.165, 1.54) is 30.2 Å². The Hall–Kier alpha value is -2.64. The quantitative estimate of drug-likeness (QED) is 0.471. The van der Waals surface area contributed by atoms with Gasteiger partial charge in [-0.05, 0) is 32.4 Å². The molecule has 8 heteroatoms. The molecule has 1 amide bonds. The van der Waals surface area contributed by atoms with Crippen molar-refractivity contribution in [3.05, 3.63) is 33.9 Å². The second-order valence-corrected chi connectivity index (χ2v) is 6.17. The lowest BCUT2D eigenvalue weighted by molar-refractivity contribution is -0.384. The highest BCUT2D eigenvalue weighted by atomic mass is 16.6. The van der Waals surface area contributed by atoms with Crippen LogP contribution in [0.4, 0.5) is 16.2 Å². The first kappa shape index (κ1) is 16.7. The number of carbonyl (C=O) groups excluding carboxylic acids is 2. The van der Waals surface area contributed by atoms with Gasteiger partial charge < -0.3 is 9.47 Å². The maximum absolute atomic E-state index is 12.3. The third-order valence-electron chi connectivity index (χ3n) is 3.36. The molecule has 1 atom stereocenters. The van der Waals surface area contributed by atoms with Gasteiger partial charge >= 0.3 is 12.1 Å². The number of amides is 1. The molecule has 1 aromatic rings. The van der Waals surface area contributed by atoms with Crippen molar-refractivity contribution in [2.24, 2.45) is 0 Å². The Morgan fingerprint density at radius 2 is 2.00 bits per heavy atom. The van der Waals surface area contributed by atoms with Gasteiger partial charge in [0.25, 0.3) is 5.69 Å². The van der Waals surface area contributed by atoms with Crippen molar-refractivity contribution in [3.8, 4) is 0 Å². The molecule has 23 heavy (non-hydrogen) atoms. The molecular formula is C15H18N2O6. The number of ether oxygens (including phenoxy) is 2. The summed E-state index contributed by atoms with van der Waals surface area (Å²) in [7, 11) is 1.25. The highest BCUT2D eigenvalue weighted by Gasteiger charge is 2.40. The summed E-state index contributed by atoms with van der Waals surface area (Å²) in [5, 5.41) is 11.0. The molecule has 0 saturated heterocycles. The summed E-state index contributed by atoms with van der Waals surface area (Å²) in [6.45, 7) is 5.17. The molecule has 1 aliphatic heterocycles. The number of hydrogen-bond donors (Lipinski definition) is 0. The van der Waals surface area contributed by atoms with Gasteiger partial charge in [-0.25, -0.2) is 4.79 Å². The smallest absolute Gasteiger partial charge is 0.414 e. The maximum Gasteiger partial charge on any atom is 0.414 e. The summed E-state index contributed by atoms with van der Waals surface area (Å²) in [4.78, 5) is 35.9. The van der Waals surface area contributed by atoms with E-state index in [1.54, 1.807) is 20.8 Å². The van der Waals surface area contributed by atoms with E-state index in [0.717, 1.165) is 0 Å². The van der Waals surface area contributed by atoms with Gasteiger partial charge in [0.15, 0.2) is 0 Å². The number of benzene rings is 1. The number of fused-ring (bicyclic) bond motifs is 1. The standard InChI is InChI=1S/C15H18N2O6/c1-15(2,3)23-14(19)16-8-11(13(18)22-4)10-6-5-9(17(20)21)7-12(10)16/h5-7,11H,8H2,1-4H3. The lowest BCUT2D eigenvalue weighted by atomic mass is 10.0. The van der Waals surface area contributed by atoms with Crippen LogP contribution in [-0.2, 0) is 14.3 Å². The Bertz CT molecular complexity index is 664. The zero-order valence-electron chi connectivity index (χ0n) is 13.4. The Balaban J connectivity index is 2.44. The second kappa shape index (κ2) is 5.86. The molecule has 0 bridgehead atoms. The number of nitro benzene ring substituents is 1. The lowest BCUT2D eigenvalue weighted by Crippen LogP contribution is -2.37. The third-order valence-corrected chi connectivity index (χ3v) is 3.36. The Labute approximate surface area is 133 Å². The van der Waals surface area contributed by atoms with Gasteiger partial charge in [-0.1, -0.05) is 0 Å². The zero-order valence-corrected chi connectivity index (χ0v) is 13.4. The van der Waals surface area contributed by atoms with E-state index in [9.17, 15) is 19.7 Å². The van der Waals surface area contributed by atoms with Crippen LogP contribution < -0.4 is 4.90 Å². The van der Waals surface area contributed by atoms with Crippen LogP contribution in [0.25, 0.3) is 0 Å². The van der Waals surface area contributed by atoms with Gasteiger partial charge in [-0.2, -0.15) is 0 Å². The number of esters is 1. The van der Waals surface area contributed by atoms with Gasteiger partial charge in [-0.3, -0.25) is 19.8 Å². The molecule has 1 aliphatic rings. The first-order valence-corrected chi connectivity index (χ1v) is 7.00. The van der Waals surface area contributed by atoms with E-state index in [-0.39, 0.29) is 12.2 Å². The molecule has 0 aliphatic carbocycles. The van der Waals surface area contributed by atoms with Crippen molar-refractivity contribution in [1.29, 1.82) is 0 Å². The number of carbonyl (C=O) groups is 2. The van der Waals surface area contributed by atoms with Crippen LogP contribution in [0.1, 0.15) is 32.3 Å². The molecule has 0 spiro atoms. The van der Waals surface area contributed by atoms with Crippen molar-refractivity contribution in [2.75, 3.05) is 18.6 Å². The van der Waals surface area contributed by atoms with E-state index in [4.69, 9.17) is 9.47 Å². The van der Waals surface area contributed by atoms with E-state index in [2.05, 4.69) is 0 Å². The molecule has 0 radical (unpaired) electrons. The fourth-order valence-electron chi connectivity index (χ4n) is 2.39. The lowest BCUT2D eigenvalue weighted by Gasteiger charge is -2.24. The molecule has 8 nitrogen and oxygen atoms in total. The molecule has 0 saturated carbocycles. The van der Waals surface area contributed by atoms with E-state index < -0.39 is 28.5 Å². The number of rotatable bonds is 2. The minimum atomic E-state index is -0.721. The third kappa shape index (κ3) is 3.41. The molecule has 0 fully saturated rings. The van der Waals surface area contributed by atoms with Crippen molar-refractivity contribution < 1.29 is 24.0 Å². The van der Waals surface area contributed by atoms with Crippen LogP contribution in [0, 0.1) is 10.1 Å². The minimum absolute atomic E-state index is 0.0259. The monoisotopic (exact) mass is 322 g/mol. The molecule has 0 aromatic heterocycles. The first-order valence-electron chi connectivity index (χ1n) is 7.00. The topological polar surface area (TPSA) is 99.0 Å². The van der Waals surface area contributed by atoms with E-state index >= 15 is 0 Å². The average Bonchev–Trinajstić information content (AvgIpc) is 2.83. The van der Waals surface area contributed by atoms with E-state index in [1.807, 2.05) is 0 Å². The van der Waals surface area contributed by atoms with Gasteiger partial charge in [0, 0.05) is 18.7 Å². The molecule has 2 rings (SSSR count). The van der Waals surface area contributed by atoms with Crippen molar-refractivity contribution in [3.63, 3.8) is 0 Å². The van der Waals surface area contributed by atoms with Crippen molar-refractivity contribution in [2.45, 2.75) is 32.3 Å². The summed E-state index contributed by atoms with van der Waals surface area (Å²) >= 11 is 0. The summed E-state index contributed by atoms with van der Waals surface area (Å²) in [5.74, 6) is -1.20. The van der Waals surface area contributed by atoms with Crippen LogP contribution in [0.15, 0.2) is 18.2 Å². The molecule has 1 unspecified atom stereocenters. The number of anilines is 1. The van der Waals surface area contributed by atoms with Gasteiger partial charge in [0.2, 0.25) is 0 Å². The van der Waals surface area contributed by atoms with E-state index in [0.29, 0.717) is 11.3 Å². The van der Waals surface area contributed by atoms with Gasteiger partial charge in [-0.15, -0.1) is 0 Å². The minimum Gasteiger partial charge on any atom is -0.468 e. The SMILES string of the molecule is COC(=O)C1CN(C(=O)OC(C)(C)C)c2cc([N+](=O)[O-])ccc21. The molecular weight excluding hydrogens is 304 g/mol. The predicted molar refractivity (Wildman–Crippen MR) is 81.4 cm³/mol. The van der Waals surface area contributed by atoms with Crippen LogP contribution in [0.5, 0.6) is 0 Å². The summed E-state index contributed by atoms with van der Waals surface area (Å²) in [6.07, 6.45) is -0.661. The highest BCUT2D eigenvalue weighted by molar-refractivity contribution is 5.96. The summed E-state index contributed by atoms with van der Waals surface area (Å²) in [5.41, 5.74) is -0.0820. The highest BCUT2D eigenvalue weighted by Crippen LogP contribution is 2.39. The number of nitrogens with zero attached hydrogens (tertiary/aromatic N) is 2. The molecule has 0 N–H and O–H groups in total. The summed E-state index contributed by atoms with van der Waals surface area (Å²) in [6, 6.07) is 4.04. The normalized spacial score (nSPS) is 16.7. The van der Waals surface area contributed by atoms with Crippen LogP contribution in [0.3, 0.4) is 0 Å². The fourth-order valence-corrected chi connectivity index (χ4v) is 2.39. The van der Waals surface area contributed by atoms with Crippen molar-refractivity contribution in [1.82, 2.24) is 0 Å². The number of non-ortho nitro benzene ring substituents is 1. The molecule has 1 heterocycles. The van der Waals surface area contributed by atoms with Crippen molar-refractivity contribution >= 4 is 23.4 Å². The number of methoxy groups -OCH3 is 1. The summed E-state index contributed by atoms with van der Waals surface area (Å²) < 4.78 is 10.1. The van der Waals surface area contributed by atoms with Gasteiger partial charge in [0.1, 0.15) is 11.5 Å². The fraction of sp³-hybridized carbons (Fsp3) is 0.467. The van der Waals surface area contributed by atoms with Gasteiger partial charge in [0.05, 0.1) is 17.7 Å². The van der Waals surface area contributed by atoms with Crippen LogP contribution in [-0.4, -0.2) is 36.2 Å². The molecule has 124 valence electrons. The van der Waals surface area contributed by atoms with Crippen LogP contribution in [0.2, 0.25) is 0 Å². The first-order chi connectivity index (χ1) is 10.6. The predicted octanol–water partition coefficient (Wildman–Crippen LogP) is 2.61. The average molecular weight is 322 g/mol. The van der Waals surface area contributed by atoms with Crippen LogP contribution >= 0.6 is 0 Å². The Morgan fingerprint density at radius 3 is 2.52 bits per heavy atom. The Kier molecular flexibility index (Phi) is 4.26. The number of nitro groups is 1. The second-order valence-electron chi connectivity index (χ2n) is 6.17. The maximum atomic E-state index is 12.3. The molecule has 1 aromatic carbocycles. The Morgan fingerprint density at radius 1 is 1.35 bits per heavy atom.